The zero-order chi connectivity index (χ0) is 13.4. The average Bonchev–Trinajstić information content (AvgIpc) is 2.37. The second kappa shape index (κ2) is 7.71. The number of ether oxygens (including phenoxy) is 1. The van der Waals surface area contributed by atoms with E-state index in [1.807, 2.05) is 0 Å². The highest BCUT2D eigenvalue weighted by molar-refractivity contribution is 5.82. The molecule has 1 rings (SSSR count). The lowest BCUT2D eigenvalue weighted by molar-refractivity contribution is -0.140. The molecule has 0 aliphatic heterocycles. The summed E-state index contributed by atoms with van der Waals surface area (Å²) in [6.45, 7) is 0.518. The molecule has 0 aromatic carbocycles. The largest absolute Gasteiger partial charge is 0.480 e. The van der Waals surface area contributed by atoms with Crippen LogP contribution in [0.25, 0.3) is 0 Å². The van der Waals surface area contributed by atoms with Crippen LogP contribution in [0.1, 0.15) is 19.3 Å². The Kier molecular flexibility index (Phi) is 6.21. The topological polar surface area (TPSA) is 87.7 Å². The standard InChI is InChI=1S/C12H20N2O4/c1-18-8-10(11(15)16)14-12(17)13-7-9-5-3-2-4-6-9/h2-3,9-10H,4-8H2,1H3,(H,15,16)(H2,13,14,17). The number of carbonyl (C=O) groups is 2. The summed E-state index contributed by atoms with van der Waals surface area (Å²) in [6, 6.07) is -1.48. The van der Waals surface area contributed by atoms with E-state index in [-0.39, 0.29) is 6.61 Å². The predicted molar refractivity (Wildman–Crippen MR) is 66.3 cm³/mol. The summed E-state index contributed by atoms with van der Waals surface area (Å²) in [6.07, 6.45) is 7.29. The number of urea groups is 1. The van der Waals surface area contributed by atoms with Crippen molar-refractivity contribution in [2.75, 3.05) is 20.3 Å². The molecule has 0 bridgehead atoms. The number of rotatable bonds is 6. The second-order valence-electron chi connectivity index (χ2n) is 4.35. The first-order chi connectivity index (χ1) is 8.63. The quantitative estimate of drug-likeness (QED) is 0.612. The monoisotopic (exact) mass is 256 g/mol. The van der Waals surface area contributed by atoms with Crippen LogP contribution < -0.4 is 10.6 Å². The Morgan fingerprint density at radius 2 is 2.28 bits per heavy atom. The van der Waals surface area contributed by atoms with Crippen LogP contribution in [0.15, 0.2) is 12.2 Å². The highest BCUT2D eigenvalue weighted by Gasteiger charge is 2.20. The summed E-state index contributed by atoms with van der Waals surface area (Å²) in [5, 5.41) is 13.9. The van der Waals surface area contributed by atoms with Gasteiger partial charge in [0.15, 0.2) is 6.04 Å². The van der Waals surface area contributed by atoms with Crippen LogP contribution >= 0.6 is 0 Å². The van der Waals surface area contributed by atoms with Crippen molar-refractivity contribution in [1.29, 1.82) is 0 Å². The van der Waals surface area contributed by atoms with Crippen LogP contribution in [0.4, 0.5) is 4.79 Å². The lowest BCUT2D eigenvalue weighted by atomic mass is 9.94. The van der Waals surface area contributed by atoms with Crippen LogP contribution in [0.2, 0.25) is 0 Å². The second-order valence-corrected chi connectivity index (χ2v) is 4.35. The SMILES string of the molecule is COCC(NC(=O)NCC1CC=CCC1)C(=O)O. The van der Waals surface area contributed by atoms with Crippen molar-refractivity contribution in [1.82, 2.24) is 10.6 Å². The molecule has 0 aromatic heterocycles. The summed E-state index contributed by atoms with van der Waals surface area (Å²) in [5.41, 5.74) is 0. The first-order valence-electron chi connectivity index (χ1n) is 6.04. The number of hydrogen-bond donors (Lipinski definition) is 3. The molecule has 0 heterocycles. The molecule has 3 N–H and O–H groups in total. The van der Waals surface area contributed by atoms with Gasteiger partial charge in [0.05, 0.1) is 6.61 Å². The average molecular weight is 256 g/mol. The highest BCUT2D eigenvalue weighted by atomic mass is 16.5. The van der Waals surface area contributed by atoms with Crippen LogP contribution in [-0.4, -0.2) is 43.4 Å². The number of aliphatic carboxylic acids is 1. The van der Waals surface area contributed by atoms with Crippen molar-refractivity contribution in [3.63, 3.8) is 0 Å². The molecular formula is C12H20N2O4. The van der Waals surface area contributed by atoms with E-state index in [0.29, 0.717) is 12.5 Å². The van der Waals surface area contributed by atoms with Gasteiger partial charge in [-0.25, -0.2) is 9.59 Å². The Balaban J connectivity index is 2.27. The number of amides is 2. The maximum atomic E-state index is 11.5. The zero-order valence-electron chi connectivity index (χ0n) is 10.5. The molecule has 18 heavy (non-hydrogen) atoms. The molecule has 1 aliphatic rings. The van der Waals surface area contributed by atoms with Gasteiger partial charge in [0, 0.05) is 13.7 Å². The molecule has 0 saturated carbocycles. The fraction of sp³-hybridized carbons (Fsp3) is 0.667. The molecule has 0 spiro atoms. The summed E-state index contributed by atoms with van der Waals surface area (Å²) in [5.74, 6) is -0.668. The molecule has 0 aromatic rings. The van der Waals surface area contributed by atoms with Crippen molar-refractivity contribution in [3.05, 3.63) is 12.2 Å². The van der Waals surface area contributed by atoms with Gasteiger partial charge in [-0.2, -0.15) is 0 Å². The first-order valence-corrected chi connectivity index (χ1v) is 6.04. The number of carbonyl (C=O) groups excluding carboxylic acids is 1. The maximum Gasteiger partial charge on any atom is 0.328 e. The summed E-state index contributed by atoms with van der Waals surface area (Å²) < 4.78 is 4.73. The summed E-state index contributed by atoms with van der Waals surface area (Å²) >= 11 is 0. The first kappa shape index (κ1) is 14.5. The van der Waals surface area contributed by atoms with E-state index < -0.39 is 18.0 Å². The van der Waals surface area contributed by atoms with E-state index in [1.54, 1.807) is 0 Å². The minimum Gasteiger partial charge on any atom is -0.480 e. The van der Waals surface area contributed by atoms with Crippen molar-refractivity contribution >= 4 is 12.0 Å². The van der Waals surface area contributed by atoms with E-state index >= 15 is 0 Å². The minimum atomic E-state index is -1.10. The Labute approximate surface area is 106 Å². The number of allylic oxidation sites excluding steroid dienone is 2. The van der Waals surface area contributed by atoms with Gasteiger partial charge in [-0.1, -0.05) is 12.2 Å². The molecule has 2 amide bonds. The Hall–Kier alpha value is -1.56. The van der Waals surface area contributed by atoms with Crippen molar-refractivity contribution in [3.8, 4) is 0 Å². The smallest absolute Gasteiger partial charge is 0.328 e. The maximum absolute atomic E-state index is 11.5. The minimum absolute atomic E-state index is 0.0467. The van der Waals surface area contributed by atoms with E-state index in [0.717, 1.165) is 19.3 Å². The molecule has 6 nitrogen and oxygen atoms in total. The molecule has 1 aliphatic carbocycles. The molecule has 6 heteroatoms. The highest BCUT2D eigenvalue weighted by Crippen LogP contribution is 2.16. The van der Waals surface area contributed by atoms with Crippen LogP contribution in [0, 0.1) is 5.92 Å². The molecule has 102 valence electrons. The van der Waals surface area contributed by atoms with Crippen LogP contribution in [0.3, 0.4) is 0 Å². The van der Waals surface area contributed by atoms with Crippen molar-refractivity contribution in [2.24, 2.45) is 5.92 Å². The Morgan fingerprint density at radius 3 is 2.83 bits per heavy atom. The van der Waals surface area contributed by atoms with Gasteiger partial charge in [-0.3, -0.25) is 0 Å². The van der Waals surface area contributed by atoms with Gasteiger partial charge in [-0.05, 0) is 25.2 Å². The van der Waals surface area contributed by atoms with Gasteiger partial charge >= 0.3 is 12.0 Å². The van der Waals surface area contributed by atoms with Crippen LogP contribution in [-0.2, 0) is 9.53 Å². The Bertz CT molecular complexity index is 317. The number of methoxy groups -OCH3 is 1. The third-order valence-electron chi connectivity index (χ3n) is 2.87. The molecule has 2 atom stereocenters. The van der Waals surface area contributed by atoms with Gasteiger partial charge in [0.1, 0.15) is 0 Å². The fourth-order valence-electron chi connectivity index (χ4n) is 1.83. The lowest BCUT2D eigenvalue weighted by Gasteiger charge is -2.19. The number of carboxylic acids is 1. The third-order valence-corrected chi connectivity index (χ3v) is 2.87. The lowest BCUT2D eigenvalue weighted by Crippen LogP contribution is -2.49. The molecule has 2 unspecified atom stereocenters. The van der Waals surface area contributed by atoms with Crippen molar-refractivity contribution in [2.45, 2.75) is 25.3 Å². The van der Waals surface area contributed by atoms with E-state index in [9.17, 15) is 9.59 Å². The fourth-order valence-corrected chi connectivity index (χ4v) is 1.83. The number of hydrogen-bond acceptors (Lipinski definition) is 3. The van der Waals surface area contributed by atoms with E-state index in [1.165, 1.54) is 7.11 Å². The molecule has 0 saturated heterocycles. The van der Waals surface area contributed by atoms with Crippen molar-refractivity contribution < 1.29 is 19.4 Å². The zero-order valence-corrected chi connectivity index (χ0v) is 10.5. The van der Waals surface area contributed by atoms with Gasteiger partial charge in [0.2, 0.25) is 0 Å². The number of carboxylic acid groups (broad SMARTS) is 1. The van der Waals surface area contributed by atoms with Gasteiger partial charge in [-0.15, -0.1) is 0 Å². The predicted octanol–water partition coefficient (Wildman–Crippen LogP) is 0.741. The van der Waals surface area contributed by atoms with E-state index in [4.69, 9.17) is 9.84 Å². The van der Waals surface area contributed by atoms with Gasteiger partial charge in [0.25, 0.3) is 0 Å². The normalized spacial score (nSPS) is 20.2. The van der Waals surface area contributed by atoms with Gasteiger partial charge < -0.3 is 20.5 Å². The summed E-state index contributed by atoms with van der Waals surface area (Å²) in [4.78, 5) is 22.3. The van der Waals surface area contributed by atoms with Crippen LogP contribution in [0.5, 0.6) is 0 Å². The third kappa shape index (κ3) is 5.18. The molecule has 0 fully saturated rings. The summed E-state index contributed by atoms with van der Waals surface area (Å²) in [7, 11) is 1.39. The van der Waals surface area contributed by atoms with E-state index in [2.05, 4.69) is 22.8 Å². The Morgan fingerprint density at radius 1 is 1.50 bits per heavy atom. The number of nitrogens with one attached hydrogen (secondary N) is 2. The molecule has 0 radical (unpaired) electrons. The molecular weight excluding hydrogens is 236 g/mol.